The van der Waals surface area contributed by atoms with Crippen LogP contribution in [0.2, 0.25) is 0 Å². The second-order valence-corrected chi connectivity index (χ2v) is 4.97. The summed E-state index contributed by atoms with van der Waals surface area (Å²) in [6.07, 6.45) is 4.01. The van der Waals surface area contributed by atoms with Crippen LogP contribution in [0.15, 0.2) is 18.2 Å². The fourth-order valence-corrected chi connectivity index (χ4v) is 2.32. The minimum atomic E-state index is 0.736. The van der Waals surface area contributed by atoms with Crippen molar-refractivity contribution in [3.63, 3.8) is 0 Å². The fraction of sp³-hybridized carbons (Fsp3) is 0.571. The van der Waals surface area contributed by atoms with Crippen LogP contribution in [0.25, 0.3) is 0 Å². The molecule has 1 fully saturated rings. The molecule has 0 saturated heterocycles. The zero-order chi connectivity index (χ0) is 11.5. The number of benzene rings is 1. The molecule has 3 N–H and O–H groups in total. The number of hydrogen-bond donors (Lipinski definition) is 2. The van der Waals surface area contributed by atoms with Gasteiger partial charge in [0.1, 0.15) is 0 Å². The van der Waals surface area contributed by atoms with Crippen molar-refractivity contribution in [2.45, 2.75) is 45.7 Å². The van der Waals surface area contributed by atoms with E-state index < -0.39 is 0 Å². The van der Waals surface area contributed by atoms with Crippen molar-refractivity contribution in [1.29, 1.82) is 0 Å². The van der Waals surface area contributed by atoms with Crippen molar-refractivity contribution >= 4 is 5.69 Å². The van der Waals surface area contributed by atoms with Crippen LogP contribution in [0.1, 0.15) is 37.3 Å². The van der Waals surface area contributed by atoms with E-state index >= 15 is 0 Å². The Labute approximate surface area is 98.2 Å². The first-order valence-electron chi connectivity index (χ1n) is 6.29. The van der Waals surface area contributed by atoms with Gasteiger partial charge in [0.2, 0.25) is 0 Å². The predicted octanol–water partition coefficient (Wildman–Crippen LogP) is 2.86. The maximum atomic E-state index is 5.95. The van der Waals surface area contributed by atoms with Gasteiger partial charge in [-0.1, -0.05) is 31.0 Å². The fourth-order valence-electron chi connectivity index (χ4n) is 2.32. The molecule has 0 spiro atoms. The summed E-state index contributed by atoms with van der Waals surface area (Å²) in [4.78, 5) is 0. The zero-order valence-corrected chi connectivity index (χ0v) is 10.3. The lowest BCUT2D eigenvalue weighted by Gasteiger charge is -2.08. The third-order valence-electron chi connectivity index (χ3n) is 3.44. The molecule has 0 bridgehead atoms. The second-order valence-electron chi connectivity index (χ2n) is 4.97. The van der Waals surface area contributed by atoms with Crippen molar-refractivity contribution in [3.8, 4) is 0 Å². The van der Waals surface area contributed by atoms with Crippen LogP contribution < -0.4 is 11.1 Å². The summed E-state index contributed by atoms with van der Waals surface area (Å²) in [5.74, 6) is 0.913. The van der Waals surface area contributed by atoms with Crippen LogP contribution in [0.5, 0.6) is 0 Å². The number of nitrogens with one attached hydrogen (secondary N) is 1. The molecular formula is C14H22N2. The van der Waals surface area contributed by atoms with Crippen LogP contribution in [0.4, 0.5) is 5.69 Å². The van der Waals surface area contributed by atoms with E-state index in [9.17, 15) is 0 Å². The number of nitrogens with two attached hydrogens (primary N) is 1. The molecule has 0 aliphatic heterocycles. The molecule has 88 valence electrons. The van der Waals surface area contributed by atoms with Gasteiger partial charge in [-0.25, -0.2) is 0 Å². The topological polar surface area (TPSA) is 38.0 Å². The average molecular weight is 218 g/mol. The lowest BCUT2D eigenvalue weighted by molar-refractivity contribution is 0.600. The van der Waals surface area contributed by atoms with E-state index in [0.717, 1.165) is 24.2 Å². The van der Waals surface area contributed by atoms with Crippen LogP contribution in [0, 0.1) is 12.8 Å². The normalized spacial score (nSPS) is 23.4. The molecular weight excluding hydrogens is 196 g/mol. The summed E-state index contributed by atoms with van der Waals surface area (Å²) >= 11 is 0. The Hall–Kier alpha value is -1.02. The summed E-state index contributed by atoms with van der Waals surface area (Å²) < 4.78 is 0. The maximum absolute atomic E-state index is 5.95. The van der Waals surface area contributed by atoms with Gasteiger partial charge in [-0.15, -0.1) is 0 Å². The molecule has 1 aliphatic rings. The number of aryl methyl sites for hydroxylation is 1. The van der Waals surface area contributed by atoms with Gasteiger partial charge in [0.15, 0.2) is 0 Å². The Morgan fingerprint density at radius 3 is 3.00 bits per heavy atom. The smallest absolute Gasteiger partial charge is 0.0359 e. The van der Waals surface area contributed by atoms with Crippen molar-refractivity contribution in [2.75, 3.05) is 5.73 Å². The molecule has 16 heavy (non-hydrogen) atoms. The Balaban J connectivity index is 1.84. The minimum absolute atomic E-state index is 0.736. The highest BCUT2D eigenvalue weighted by Gasteiger charge is 2.35. The summed E-state index contributed by atoms with van der Waals surface area (Å²) in [6, 6.07) is 6.98. The molecule has 2 unspecified atom stereocenters. The summed E-state index contributed by atoms with van der Waals surface area (Å²) in [5, 5.41) is 3.60. The molecule has 1 aromatic rings. The SMILES string of the molecule is CCCC1CC1NCc1cc(C)ccc1N. The van der Waals surface area contributed by atoms with Gasteiger partial charge >= 0.3 is 0 Å². The maximum Gasteiger partial charge on any atom is 0.0359 e. The van der Waals surface area contributed by atoms with Gasteiger partial charge in [-0.05, 0) is 37.3 Å². The standard InChI is InChI=1S/C14H22N2/c1-3-4-11-8-14(11)16-9-12-7-10(2)5-6-13(12)15/h5-7,11,14,16H,3-4,8-9,15H2,1-2H3. The zero-order valence-electron chi connectivity index (χ0n) is 10.3. The first-order chi connectivity index (χ1) is 7.70. The highest BCUT2D eigenvalue weighted by molar-refractivity contribution is 5.48. The molecule has 1 aromatic carbocycles. The Morgan fingerprint density at radius 2 is 2.25 bits per heavy atom. The molecule has 1 saturated carbocycles. The third kappa shape index (κ3) is 2.76. The number of rotatable bonds is 5. The van der Waals surface area contributed by atoms with Crippen molar-refractivity contribution in [1.82, 2.24) is 5.32 Å². The van der Waals surface area contributed by atoms with E-state index in [1.807, 2.05) is 6.07 Å². The minimum Gasteiger partial charge on any atom is -0.398 e. The van der Waals surface area contributed by atoms with Gasteiger partial charge < -0.3 is 11.1 Å². The first kappa shape index (κ1) is 11.5. The van der Waals surface area contributed by atoms with E-state index in [1.165, 1.54) is 30.4 Å². The van der Waals surface area contributed by atoms with Crippen LogP contribution in [-0.4, -0.2) is 6.04 Å². The summed E-state index contributed by atoms with van der Waals surface area (Å²) in [6.45, 7) is 5.28. The Kier molecular flexibility index (Phi) is 3.49. The van der Waals surface area contributed by atoms with Gasteiger partial charge in [-0.3, -0.25) is 0 Å². The van der Waals surface area contributed by atoms with Gasteiger partial charge in [0.05, 0.1) is 0 Å². The largest absolute Gasteiger partial charge is 0.398 e. The molecule has 0 radical (unpaired) electrons. The Bertz CT molecular complexity index is 360. The quantitative estimate of drug-likeness (QED) is 0.746. The molecule has 2 atom stereocenters. The third-order valence-corrected chi connectivity index (χ3v) is 3.44. The van der Waals surface area contributed by atoms with E-state index in [1.54, 1.807) is 0 Å². The molecule has 1 aliphatic carbocycles. The van der Waals surface area contributed by atoms with E-state index in [-0.39, 0.29) is 0 Å². The van der Waals surface area contributed by atoms with E-state index in [2.05, 4.69) is 31.3 Å². The van der Waals surface area contributed by atoms with Gasteiger partial charge in [0.25, 0.3) is 0 Å². The van der Waals surface area contributed by atoms with Crippen LogP contribution in [0.3, 0.4) is 0 Å². The highest BCUT2D eigenvalue weighted by Crippen LogP contribution is 2.34. The molecule has 0 heterocycles. The van der Waals surface area contributed by atoms with E-state index in [0.29, 0.717) is 0 Å². The molecule has 0 aromatic heterocycles. The van der Waals surface area contributed by atoms with Crippen LogP contribution in [-0.2, 0) is 6.54 Å². The van der Waals surface area contributed by atoms with Gasteiger partial charge in [0, 0.05) is 18.3 Å². The number of hydrogen-bond acceptors (Lipinski definition) is 2. The highest BCUT2D eigenvalue weighted by atomic mass is 15.0. The van der Waals surface area contributed by atoms with E-state index in [4.69, 9.17) is 5.73 Å². The lowest BCUT2D eigenvalue weighted by atomic mass is 10.1. The monoisotopic (exact) mass is 218 g/mol. The predicted molar refractivity (Wildman–Crippen MR) is 69.2 cm³/mol. The average Bonchev–Trinajstić information content (AvgIpc) is 2.99. The Morgan fingerprint density at radius 1 is 1.44 bits per heavy atom. The number of anilines is 1. The van der Waals surface area contributed by atoms with Crippen molar-refractivity contribution in [2.24, 2.45) is 5.92 Å². The molecule has 2 nitrogen and oxygen atoms in total. The second kappa shape index (κ2) is 4.88. The van der Waals surface area contributed by atoms with Crippen molar-refractivity contribution < 1.29 is 0 Å². The van der Waals surface area contributed by atoms with Crippen molar-refractivity contribution in [3.05, 3.63) is 29.3 Å². The molecule has 2 heteroatoms. The summed E-state index contributed by atoms with van der Waals surface area (Å²) in [5.41, 5.74) is 9.38. The molecule has 0 amide bonds. The van der Waals surface area contributed by atoms with Gasteiger partial charge in [-0.2, -0.15) is 0 Å². The van der Waals surface area contributed by atoms with Crippen LogP contribution >= 0.6 is 0 Å². The number of nitrogen functional groups attached to an aromatic ring is 1. The molecule has 2 rings (SSSR count). The summed E-state index contributed by atoms with van der Waals surface area (Å²) in [7, 11) is 0. The first-order valence-corrected chi connectivity index (χ1v) is 6.29. The lowest BCUT2D eigenvalue weighted by Crippen LogP contribution is -2.18.